The Morgan fingerprint density at radius 1 is 1.10 bits per heavy atom. The largest absolute Gasteiger partial charge is 0.489 e. The molecule has 1 unspecified atom stereocenters. The lowest BCUT2D eigenvalue weighted by Crippen LogP contribution is -2.26. The van der Waals surface area contributed by atoms with E-state index in [0.717, 1.165) is 16.9 Å². The van der Waals surface area contributed by atoms with Crippen LogP contribution in [-0.4, -0.2) is 17.8 Å². The van der Waals surface area contributed by atoms with Crippen LogP contribution >= 0.6 is 23.2 Å². The molecule has 0 aliphatic carbocycles. The van der Waals surface area contributed by atoms with E-state index in [-0.39, 0.29) is 12.6 Å². The zero-order valence-corrected chi connectivity index (χ0v) is 12.9. The molecule has 2 aromatic carbocycles. The van der Waals surface area contributed by atoms with Crippen molar-refractivity contribution >= 4 is 23.2 Å². The molecule has 0 bridgehead atoms. The van der Waals surface area contributed by atoms with Crippen molar-refractivity contribution in [1.82, 2.24) is 0 Å². The number of rotatable bonds is 6. The SMILES string of the molecule is NC(CO)Cc1ccc(OCc2ccc(Cl)cc2Cl)cc1. The number of aliphatic hydroxyl groups is 1. The van der Waals surface area contributed by atoms with Gasteiger partial charge in [-0.15, -0.1) is 0 Å². The summed E-state index contributed by atoms with van der Waals surface area (Å²) in [4.78, 5) is 0. The van der Waals surface area contributed by atoms with Crippen molar-refractivity contribution in [2.45, 2.75) is 19.1 Å². The van der Waals surface area contributed by atoms with E-state index in [0.29, 0.717) is 23.1 Å². The van der Waals surface area contributed by atoms with Gasteiger partial charge in [-0.1, -0.05) is 41.4 Å². The van der Waals surface area contributed by atoms with Crippen LogP contribution in [0, 0.1) is 0 Å². The molecule has 2 aromatic rings. The summed E-state index contributed by atoms with van der Waals surface area (Å²) in [5, 5.41) is 10.1. The average Bonchev–Trinajstić information content (AvgIpc) is 2.48. The van der Waals surface area contributed by atoms with Crippen LogP contribution in [0.5, 0.6) is 5.75 Å². The molecule has 0 aromatic heterocycles. The fourth-order valence-electron chi connectivity index (χ4n) is 1.89. The number of halogens is 2. The zero-order valence-electron chi connectivity index (χ0n) is 11.4. The molecule has 21 heavy (non-hydrogen) atoms. The third kappa shape index (κ3) is 4.90. The third-order valence-electron chi connectivity index (χ3n) is 3.07. The second-order valence-corrected chi connectivity index (χ2v) is 5.66. The normalized spacial score (nSPS) is 12.2. The van der Waals surface area contributed by atoms with E-state index in [1.807, 2.05) is 30.3 Å². The van der Waals surface area contributed by atoms with Gasteiger partial charge in [-0.05, 0) is 36.2 Å². The average molecular weight is 326 g/mol. The Labute approximate surface area is 134 Å². The maximum Gasteiger partial charge on any atom is 0.119 e. The van der Waals surface area contributed by atoms with Crippen LogP contribution in [0.2, 0.25) is 10.0 Å². The van der Waals surface area contributed by atoms with Crippen molar-refractivity contribution in [1.29, 1.82) is 0 Å². The molecular formula is C16H17Cl2NO2. The van der Waals surface area contributed by atoms with E-state index in [4.69, 9.17) is 38.8 Å². The molecule has 0 fully saturated rings. The summed E-state index contributed by atoms with van der Waals surface area (Å²) in [6.45, 7) is 0.360. The highest BCUT2D eigenvalue weighted by Crippen LogP contribution is 2.23. The van der Waals surface area contributed by atoms with Crippen LogP contribution in [0.3, 0.4) is 0 Å². The molecule has 0 saturated carbocycles. The van der Waals surface area contributed by atoms with Crippen molar-refractivity contribution in [3.63, 3.8) is 0 Å². The Balaban J connectivity index is 1.94. The first kappa shape index (κ1) is 16.1. The summed E-state index contributed by atoms with van der Waals surface area (Å²) in [6.07, 6.45) is 0.639. The van der Waals surface area contributed by atoms with Crippen molar-refractivity contribution in [2.24, 2.45) is 5.73 Å². The summed E-state index contributed by atoms with van der Waals surface area (Å²) < 4.78 is 5.69. The molecule has 3 N–H and O–H groups in total. The minimum Gasteiger partial charge on any atom is -0.489 e. The van der Waals surface area contributed by atoms with Crippen LogP contribution in [0.15, 0.2) is 42.5 Å². The van der Waals surface area contributed by atoms with E-state index in [2.05, 4.69) is 0 Å². The number of aliphatic hydroxyl groups excluding tert-OH is 1. The van der Waals surface area contributed by atoms with Crippen LogP contribution in [0.25, 0.3) is 0 Å². The molecule has 0 radical (unpaired) electrons. The first-order valence-electron chi connectivity index (χ1n) is 6.60. The quantitative estimate of drug-likeness (QED) is 0.855. The molecule has 0 spiro atoms. The van der Waals surface area contributed by atoms with Gasteiger partial charge >= 0.3 is 0 Å². The van der Waals surface area contributed by atoms with Crippen LogP contribution in [0.1, 0.15) is 11.1 Å². The molecule has 0 heterocycles. The van der Waals surface area contributed by atoms with Gasteiger partial charge in [0.2, 0.25) is 0 Å². The number of nitrogens with two attached hydrogens (primary N) is 1. The van der Waals surface area contributed by atoms with E-state index in [9.17, 15) is 0 Å². The van der Waals surface area contributed by atoms with Crippen LogP contribution < -0.4 is 10.5 Å². The molecule has 2 rings (SSSR count). The third-order valence-corrected chi connectivity index (χ3v) is 3.65. The minimum atomic E-state index is -0.232. The van der Waals surface area contributed by atoms with E-state index < -0.39 is 0 Å². The van der Waals surface area contributed by atoms with Crippen molar-refractivity contribution < 1.29 is 9.84 Å². The summed E-state index contributed by atoms with van der Waals surface area (Å²) in [7, 11) is 0. The fourth-order valence-corrected chi connectivity index (χ4v) is 2.35. The molecule has 5 heteroatoms. The molecule has 0 saturated heterocycles. The van der Waals surface area contributed by atoms with Gasteiger partial charge in [0.05, 0.1) is 6.61 Å². The Morgan fingerprint density at radius 2 is 1.81 bits per heavy atom. The van der Waals surface area contributed by atoms with Gasteiger partial charge in [-0.3, -0.25) is 0 Å². The second kappa shape index (κ2) is 7.66. The molecule has 1 atom stereocenters. The molecule has 112 valence electrons. The minimum absolute atomic E-state index is 0.0205. The number of ether oxygens (including phenoxy) is 1. The molecule has 0 aliphatic rings. The van der Waals surface area contributed by atoms with Gasteiger partial charge in [0.15, 0.2) is 0 Å². The fraction of sp³-hybridized carbons (Fsp3) is 0.250. The van der Waals surface area contributed by atoms with Gasteiger partial charge in [-0.2, -0.15) is 0 Å². The highest BCUT2D eigenvalue weighted by Gasteiger charge is 2.04. The first-order chi connectivity index (χ1) is 10.1. The zero-order chi connectivity index (χ0) is 15.2. The lowest BCUT2D eigenvalue weighted by Gasteiger charge is -2.10. The predicted molar refractivity (Wildman–Crippen MR) is 86.0 cm³/mol. The Hall–Kier alpha value is -1.26. The monoisotopic (exact) mass is 325 g/mol. The molecule has 0 aliphatic heterocycles. The Morgan fingerprint density at radius 3 is 2.43 bits per heavy atom. The summed E-state index contributed by atoms with van der Waals surface area (Å²) >= 11 is 11.9. The topological polar surface area (TPSA) is 55.5 Å². The van der Waals surface area contributed by atoms with Crippen LogP contribution in [-0.2, 0) is 13.0 Å². The van der Waals surface area contributed by atoms with Crippen LogP contribution in [0.4, 0.5) is 0 Å². The lowest BCUT2D eigenvalue weighted by molar-refractivity contribution is 0.265. The van der Waals surface area contributed by atoms with Gasteiger partial charge in [0.1, 0.15) is 12.4 Å². The van der Waals surface area contributed by atoms with Gasteiger partial charge in [0.25, 0.3) is 0 Å². The van der Waals surface area contributed by atoms with E-state index in [1.165, 1.54) is 0 Å². The maximum atomic E-state index is 8.93. The maximum absolute atomic E-state index is 8.93. The first-order valence-corrected chi connectivity index (χ1v) is 7.36. The standard InChI is InChI=1S/C16H17Cl2NO2/c17-13-4-3-12(16(18)8-13)10-21-15-5-1-11(2-6-15)7-14(19)9-20/h1-6,8,14,20H,7,9-10,19H2. The predicted octanol–water partition coefficient (Wildman–Crippen LogP) is 3.43. The number of hydrogen-bond acceptors (Lipinski definition) is 3. The smallest absolute Gasteiger partial charge is 0.119 e. The van der Waals surface area contributed by atoms with Crippen molar-refractivity contribution in [2.75, 3.05) is 6.61 Å². The molecule has 3 nitrogen and oxygen atoms in total. The Bertz CT molecular complexity index is 587. The summed E-state index contributed by atoms with van der Waals surface area (Å²) in [5.41, 5.74) is 7.65. The number of hydrogen-bond donors (Lipinski definition) is 2. The highest BCUT2D eigenvalue weighted by atomic mass is 35.5. The van der Waals surface area contributed by atoms with Gasteiger partial charge in [0, 0.05) is 21.7 Å². The highest BCUT2D eigenvalue weighted by molar-refractivity contribution is 6.35. The molecule has 0 amide bonds. The van der Waals surface area contributed by atoms with Crippen molar-refractivity contribution in [3.8, 4) is 5.75 Å². The summed E-state index contributed by atoms with van der Waals surface area (Å²) in [6, 6.07) is 12.7. The summed E-state index contributed by atoms with van der Waals surface area (Å²) in [5.74, 6) is 0.752. The van der Waals surface area contributed by atoms with E-state index >= 15 is 0 Å². The lowest BCUT2D eigenvalue weighted by atomic mass is 10.1. The second-order valence-electron chi connectivity index (χ2n) is 4.82. The van der Waals surface area contributed by atoms with Gasteiger partial charge < -0.3 is 15.6 Å². The van der Waals surface area contributed by atoms with Gasteiger partial charge in [-0.25, -0.2) is 0 Å². The van der Waals surface area contributed by atoms with Crippen molar-refractivity contribution in [3.05, 3.63) is 63.6 Å². The molecular weight excluding hydrogens is 309 g/mol. The Kier molecular flexibility index (Phi) is 5.88. The number of benzene rings is 2. The van der Waals surface area contributed by atoms with E-state index in [1.54, 1.807) is 12.1 Å².